The molecule has 0 unspecified atom stereocenters. The molecule has 0 spiro atoms. The quantitative estimate of drug-likeness (QED) is 0.268. The number of fused-ring (bicyclic) bond motifs is 1. The van der Waals surface area contributed by atoms with Crippen LogP contribution in [0.15, 0.2) is 76.1 Å². The van der Waals surface area contributed by atoms with E-state index in [0.29, 0.717) is 53.9 Å². The lowest BCUT2D eigenvalue weighted by molar-refractivity contribution is 0.163. The van der Waals surface area contributed by atoms with Crippen LogP contribution in [0.3, 0.4) is 0 Å². The number of aromatic amines is 1. The van der Waals surface area contributed by atoms with Gasteiger partial charge in [0.1, 0.15) is 17.6 Å². The monoisotopic (exact) mass is 534 g/mol. The number of nitrogens with one attached hydrogen (secondary N) is 1. The third kappa shape index (κ3) is 5.47. The number of hydrogen-bond donors (Lipinski definition) is 1. The van der Waals surface area contributed by atoms with Crippen LogP contribution in [0.4, 0.5) is 0 Å². The van der Waals surface area contributed by atoms with E-state index in [4.69, 9.17) is 25.5 Å². The van der Waals surface area contributed by atoms with E-state index >= 15 is 0 Å². The minimum Gasteiger partial charge on any atom is -0.497 e. The van der Waals surface area contributed by atoms with Gasteiger partial charge in [0.2, 0.25) is 0 Å². The zero-order chi connectivity index (χ0) is 26.5. The first-order chi connectivity index (χ1) is 18.6. The fourth-order valence-electron chi connectivity index (χ4n) is 4.46. The van der Waals surface area contributed by atoms with Crippen LogP contribution in [0.5, 0.6) is 5.75 Å². The van der Waals surface area contributed by atoms with Gasteiger partial charge in [-0.15, -0.1) is 5.10 Å². The van der Waals surface area contributed by atoms with Crippen molar-refractivity contribution in [2.75, 3.05) is 20.8 Å². The molecule has 10 nitrogen and oxygen atoms in total. The number of rotatable bonds is 11. The molecule has 0 saturated heterocycles. The number of methoxy groups -OCH3 is 2. The van der Waals surface area contributed by atoms with Gasteiger partial charge in [-0.3, -0.25) is 9.69 Å². The molecule has 3 aromatic heterocycles. The Morgan fingerprint density at radius 1 is 1.11 bits per heavy atom. The maximum absolute atomic E-state index is 13.6. The van der Waals surface area contributed by atoms with Crippen molar-refractivity contribution in [1.82, 2.24) is 30.1 Å². The van der Waals surface area contributed by atoms with E-state index in [2.05, 4.69) is 25.4 Å². The molecule has 0 amide bonds. The van der Waals surface area contributed by atoms with Crippen molar-refractivity contribution in [2.45, 2.75) is 25.7 Å². The lowest BCUT2D eigenvalue weighted by Crippen LogP contribution is -2.35. The van der Waals surface area contributed by atoms with Crippen LogP contribution in [0, 0.1) is 0 Å². The van der Waals surface area contributed by atoms with Crippen LogP contribution in [-0.2, 0) is 24.4 Å². The molecule has 2 aromatic carbocycles. The standard InChI is InChI=1S/C27H27ClN6O4/c1-36-13-11-34-26(30-31-32-34)25(22-15-19-14-20(37-2)9-10-24(19)29-27(22)35)33(17-21-7-5-12-38-21)16-18-6-3-4-8-23(18)28/h3-10,12,14-15,25H,11,13,16-17H2,1-2H3,(H,29,35)/t25-/m0/s1. The predicted molar refractivity (Wildman–Crippen MR) is 142 cm³/mol. The highest BCUT2D eigenvalue weighted by Gasteiger charge is 2.31. The first-order valence-electron chi connectivity index (χ1n) is 12.0. The topological polar surface area (TPSA) is 111 Å². The van der Waals surface area contributed by atoms with Crippen LogP contribution in [0.1, 0.15) is 28.8 Å². The summed E-state index contributed by atoms with van der Waals surface area (Å²) in [6.07, 6.45) is 1.62. The van der Waals surface area contributed by atoms with Gasteiger partial charge in [-0.05, 0) is 58.5 Å². The van der Waals surface area contributed by atoms with Crippen molar-refractivity contribution in [3.8, 4) is 5.75 Å². The van der Waals surface area contributed by atoms with Crippen LogP contribution < -0.4 is 10.3 Å². The Hall–Kier alpha value is -3.99. The number of benzene rings is 2. The summed E-state index contributed by atoms with van der Waals surface area (Å²) in [7, 11) is 3.22. The van der Waals surface area contributed by atoms with Crippen molar-refractivity contribution in [3.05, 3.63) is 105 Å². The number of H-pyrrole nitrogens is 1. The van der Waals surface area contributed by atoms with E-state index in [0.717, 1.165) is 16.7 Å². The van der Waals surface area contributed by atoms with Crippen molar-refractivity contribution < 1.29 is 13.9 Å². The van der Waals surface area contributed by atoms with Crippen LogP contribution in [-0.4, -0.2) is 50.9 Å². The number of halogens is 1. The van der Waals surface area contributed by atoms with Gasteiger partial charge in [-0.25, -0.2) is 4.68 Å². The molecular weight excluding hydrogens is 508 g/mol. The fraction of sp³-hybridized carbons (Fsp3) is 0.259. The molecule has 0 saturated carbocycles. The average Bonchev–Trinajstić information content (AvgIpc) is 3.61. The summed E-state index contributed by atoms with van der Waals surface area (Å²) in [5, 5.41) is 13.9. The number of hydrogen-bond acceptors (Lipinski definition) is 8. The van der Waals surface area contributed by atoms with E-state index in [1.807, 2.05) is 54.6 Å². The number of pyridine rings is 1. The molecule has 0 bridgehead atoms. The fourth-order valence-corrected chi connectivity index (χ4v) is 4.66. The van der Waals surface area contributed by atoms with Gasteiger partial charge in [0, 0.05) is 35.1 Å². The van der Waals surface area contributed by atoms with Crippen molar-refractivity contribution in [2.24, 2.45) is 0 Å². The van der Waals surface area contributed by atoms with Crippen LogP contribution in [0.2, 0.25) is 5.02 Å². The Morgan fingerprint density at radius 3 is 2.74 bits per heavy atom. The normalized spacial score (nSPS) is 12.3. The van der Waals surface area contributed by atoms with Gasteiger partial charge in [-0.1, -0.05) is 29.8 Å². The third-order valence-corrected chi connectivity index (χ3v) is 6.69. The van der Waals surface area contributed by atoms with Crippen LogP contribution >= 0.6 is 11.6 Å². The maximum atomic E-state index is 13.6. The number of tetrazole rings is 1. The number of nitrogens with zero attached hydrogens (tertiary/aromatic N) is 5. The summed E-state index contributed by atoms with van der Waals surface area (Å²) in [6.45, 7) is 1.58. The summed E-state index contributed by atoms with van der Waals surface area (Å²) in [6, 6.07) is 18.0. The number of ether oxygens (including phenoxy) is 2. The molecule has 0 aliphatic rings. The maximum Gasteiger partial charge on any atom is 0.253 e. The number of furan rings is 1. The molecule has 0 fully saturated rings. The first kappa shape index (κ1) is 25.7. The van der Waals surface area contributed by atoms with Gasteiger partial charge in [0.15, 0.2) is 5.82 Å². The highest BCUT2D eigenvalue weighted by Crippen LogP contribution is 2.32. The zero-order valence-electron chi connectivity index (χ0n) is 21.0. The van der Waals surface area contributed by atoms with Crippen molar-refractivity contribution in [1.29, 1.82) is 0 Å². The van der Waals surface area contributed by atoms with Crippen molar-refractivity contribution >= 4 is 22.5 Å². The molecule has 3 heterocycles. The third-order valence-electron chi connectivity index (χ3n) is 6.32. The Bertz CT molecular complexity index is 1570. The van der Waals surface area contributed by atoms with Gasteiger partial charge < -0.3 is 18.9 Å². The summed E-state index contributed by atoms with van der Waals surface area (Å²) in [5.74, 6) is 1.89. The summed E-state index contributed by atoms with van der Waals surface area (Å²) in [4.78, 5) is 18.7. The van der Waals surface area contributed by atoms with Gasteiger partial charge >= 0.3 is 0 Å². The second-order valence-electron chi connectivity index (χ2n) is 8.74. The summed E-state index contributed by atoms with van der Waals surface area (Å²) in [5.41, 5.74) is 1.80. The van der Waals surface area contributed by atoms with E-state index in [1.165, 1.54) is 0 Å². The molecule has 5 aromatic rings. The Balaban J connectivity index is 1.70. The Kier molecular flexibility index (Phi) is 7.83. The second kappa shape index (κ2) is 11.6. The Labute approximate surface area is 223 Å². The van der Waals surface area contributed by atoms with E-state index in [9.17, 15) is 4.79 Å². The molecule has 1 atom stereocenters. The largest absolute Gasteiger partial charge is 0.497 e. The summed E-state index contributed by atoms with van der Waals surface area (Å²) >= 11 is 6.57. The highest BCUT2D eigenvalue weighted by atomic mass is 35.5. The molecule has 11 heteroatoms. The predicted octanol–water partition coefficient (Wildman–Crippen LogP) is 4.21. The van der Waals surface area contributed by atoms with Crippen molar-refractivity contribution in [3.63, 3.8) is 0 Å². The molecule has 196 valence electrons. The Morgan fingerprint density at radius 2 is 1.97 bits per heavy atom. The lowest BCUT2D eigenvalue weighted by Gasteiger charge is -2.30. The van der Waals surface area contributed by atoms with Gasteiger partial charge in [0.25, 0.3) is 5.56 Å². The average molecular weight is 535 g/mol. The molecule has 38 heavy (non-hydrogen) atoms. The zero-order valence-corrected chi connectivity index (χ0v) is 21.8. The van der Waals surface area contributed by atoms with Crippen LogP contribution in [0.25, 0.3) is 10.9 Å². The molecule has 0 radical (unpaired) electrons. The van der Waals surface area contributed by atoms with E-state index in [-0.39, 0.29) is 5.56 Å². The molecule has 0 aliphatic carbocycles. The lowest BCUT2D eigenvalue weighted by atomic mass is 10.0. The molecule has 5 rings (SSSR count). The first-order valence-corrected chi connectivity index (χ1v) is 12.4. The second-order valence-corrected chi connectivity index (χ2v) is 9.15. The smallest absolute Gasteiger partial charge is 0.253 e. The molecular formula is C27H27ClN6O4. The van der Waals surface area contributed by atoms with E-state index < -0.39 is 6.04 Å². The molecule has 0 aliphatic heterocycles. The van der Waals surface area contributed by atoms with E-state index in [1.54, 1.807) is 31.2 Å². The minimum atomic E-state index is -0.650. The summed E-state index contributed by atoms with van der Waals surface area (Å²) < 4.78 is 18.1. The van der Waals surface area contributed by atoms with Gasteiger partial charge in [-0.2, -0.15) is 0 Å². The van der Waals surface area contributed by atoms with Gasteiger partial charge in [0.05, 0.1) is 33.1 Å². The molecule has 1 N–H and O–H groups in total. The number of aromatic nitrogens is 5. The SMILES string of the molecule is COCCn1nnnc1[C@H](c1cc2cc(OC)ccc2[nH]c1=O)N(Cc1ccco1)Cc1ccccc1Cl. The highest BCUT2D eigenvalue weighted by molar-refractivity contribution is 6.31. The minimum absolute atomic E-state index is 0.252.